The Kier molecular flexibility index (Phi) is 5.68. The number of hydrogen-bond donors (Lipinski definition) is 3. The summed E-state index contributed by atoms with van der Waals surface area (Å²) in [5.74, 6) is -1.79. The predicted octanol–water partition coefficient (Wildman–Crippen LogP) is 4.15. The fourth-order valence-corrected chi connectivity index (χ4v) is 4.63. The zero-order chi connectivity index (χ0) is 20.3. The molecular formula is C18H13ClN2O5S2. The van der Waals surface area contributed by atoms with Crippen LogP contribution in [0.15, 0.2) is 64.9 Å². The number of thiophene rings is 1. The van der Waals surface area contributed by atoms with Crippen molar-refractivity contribution >= 4 is 56.2 Å². The number of hydrogen-bond acceptors (Lipinski definition) is 5. The third-order valence-corrected chi connectivity index (χ3v) is 6.30. The summed E-state index contributed by atoms with van der Waals surface area (Å²) in [5.41, 5.74) is 0.388. The molecule has 1 amide bonds. The summed E-state index contributed by atoms with van der Waals surface area (Å²) in [5, 5.41) is 13.5. The smallest absolute Gasteiger partial charge is 0.337 e. The highest BCUT2D eigenvalue weighted by Gasteiger charge is 2.20. The summed E-state index contributed by atoms with van der Waals surface area (Å²) in [6, 6.07) is 13.3. The van der Waals surface area contributed by atoms with Gasteiger partial charge < -0.3 is 10.4 Å². The van der Waals surface area contributed by atoms with Crippen molar-refractivity contribution in [1.29, 1.82) is 0 Å². The van der Waals surface area contributed by atoms with Crippen LogP contribution < -0.4 is 10.0 Å². The lowest BCUT2D eigenvalue weighted by Crippen LogP contribution is -2.14. The highest BCUT2D eigenvalue weighted by atomic mass is 35.5. The molecule has 10 heteroatoms. The number of carboxylic acid groups (broad SMARTS) is 1. The molecule has 0 aliphatic rings. The fourth-order valence-electron chi connectivity index (χ4n) is 2.27. The number of rotatable bonds is 6. The first kappa shape index (κ1) is 19.9. The van der Waals surface area contributed by atoms with Crippen molar-refractivity contribution in [2.24, 2.45) is 0 Å². The quantitative estimate of drug-likeness (QED) is 0.537. The average Bonchev–Trinajstić information content (AvgIpc) is 3.15. The minimum Gasteiger partial charge on any atom is -0.478 e. The topological polar surface area (TPSA) is 113 Å². The summed E-state index contributed by atoms with van der Waals surface area (Å²) >= 11 is 6.71. The number of amides is 1. The lowest BCUT2D eigenvalue weighted by atomic mass is 10.2. The normalized spacial score (nSPS) is 11.0. The Bertz CT molecular complexity index is 1140. The van der Waals surface area contributed by atoms with Gasteiger partial charge in [0.2, 0.25) is 0 Å². The molecule has 0 aliphatic heterocycles. The van der Waals surface area contributed by atoms with Gasteiger partial charge in [0.05, 0.1) is 21.0 Å². The van der Waals surface area contributed by atoms with Gasteiger partial charge in [0.25, 0.3) is 15.9 Å². The second kappa shape index (κ2) is 8.01. The summed E-state index contributed by atoms with van der Waals surface area (Å²) in [7, 11) is -3.89. The fraction of sp³-hybridized carbons (Fsp3) is 0. The van der Waals surface area contributed by atoms with Crippen molar-refractivity contribution < 1.29 is 23.1 Å². The summed E-state index contributed by atoms with van der Waals surface area (Å²) < 4.78 is 27.4. The Balaban J connectivity index is 1.78. The van der Waals surface area contributed by atoms with Crippen LogP contribution in [0.2, 0.25) is 5.02 Å². The van der Waals surface area contributed by atoms with E-state index in [-0.39, 0.29) is 21.0 Å². The molecule has 0 atom stereocenters. The second-order valence-electron chi connectivity index (χ2n) is 5.56. The van der Waals surface area contributed by atoms with Crippen LogP contribution in [0, 0.1) is 0 Å². The molecule has 7 nitrogen and oxygen atoms in total. The van der Waals surface area contributed by atoms with Gasteiger partial charge in [-0.2, -0.15) is 0 Å². The predicted molar refractivity (Wildman–Crippen MR) is 108 cm³/mol. The minimum absolute atomic E-state index is 0.0651. The van der Waals surface area contributed by atoms with Gasteiger partial charge in [0, 0.05) is 16.1 Å². The van der Waals surface area contributed by atoms with Gasteiger partial charge in [-0.05, 0) is 42.5 Å². The largest absolute Gasteiger partial charge is 0.478 e. The van der Waals surface area contributed by atoms with Crippen LogP contribution in [0.25, 0.3) is 0 Å². The van der Waals surface area contributed by atoms with Crippen molar-refractivity contribution in [3.05, 3.63) is 75.4 Å². The van der Waals surface area contributed by atoms with Gasteiger partial charge in [-0.1, -0.05) is 23.7 Å². The molecule has 144 valence electrons. The summed E-state index contributed by atoms with van der Waals surface area (Å²) in [6.07, 6.45) is 0. The molecule has 2 aromatic carbocycles. The van der Waals surface area contributed by atoms with Crippen LogP contribution >= 0.6 is 22.9 Å². The number of carbonyl (C=O) groups is 2. The minimum atomic E-state index is -3.89. The van der Waals surface area contributed by atoms with Gasteiger partial charge in [-0.3, -0.25) is 9.52 Å². The Morgan fingerprint density at radius 1 is 1.04 bits per heavy atom. The van der Waals surface area contributed by atoms with Gasteiger partial charge in [-0.25, -0.2) is 13.2 Å². The first-order chi connectivity index (χ1) is 13.3. The SMILES string of the molecule is O=C(Nc1ccccc1C(=O)O)c1cc(S(=O)(=O)Nc2ccc(Cl)cc2)cs1. The van der Waals surface area contributed by atoms with E-state index in [1.165, 1.54) is 41.8 Å². The molecule has 3 aromatic rings. The van der Waals surface area contributed by atoms with Crippen molar-refractivity contribution in [2.45, 2.75) is 4.90 Å². The zero-order valence-corrected chi connectivity index (χ0v) is 16.4. The van der Waals surface area contributed by atoms with Crippen molar-refractivity contribution in [3.8, 4) is 0 Å². The van der Waals surface area contributed by atoms with Gasteiger partial charge in [0.1, 0.15) is 0 Å². The third kappa shape index (κ3) is 4.50. The summed E-state index contributed by atoms with van der Waals surface area (Å²) in [4.78, 5) is 23.7. The number of nitrogens with one attached hydrogen (secondary N) is 2. The van der Waals surface area contributed by atoms with Gasteiger partial charge >= 0.3 is 5.97 Å². The van der Waals surface area contributed by atoms with E-state index in [1.807, 2.05) is 0 Å². The van der Waals surface area contributed by atoms with Crippen LogP contribution in [0.5, 0.6) is 0 Å². The number of aromatic carboxylic acids is 1. The number of carbonyl (C=O) groups excluding carboxylic acids is 1. The maximum atomic E-state index is 12.5. The maximum absolute atomic E-state index is 12.5. The first-order valence-corrected chi connectivity index (χ1v) is 10.5. The van der Waals surface area contributed by atoms with Gasteiger partial charge in [0.15, 0.2) is 0 Å². The monoisotopic (exact) mass is 436 g/mol. The van der Waals surface area contributed by atoms with E-state index in [0.717, 1.165) is 11.3 Å². The molecule has 0 bridgehead atoms. The van der Waals surface area contributed by atoms with Crippen LogP contribution in [-0.2, 0) is 10.0 Å². The van der Waals surface area contributed by atoms with E-state index in [1.54, 1.807) is 18.2 Å². The van der Waals surface area contributed by atoms with E-state index in [9.17, 15) is 23.1 Å². The highest BCUT2D eigenvalue weighted by Crippen LogP contribution is 2.24. The molecule has 0 aliphatic carbocycles. The first-order valence-electron chi connectivity index (χ1n) is 7.77. The van der Waals surface area contributed by atoms with Crippen LogP contribution in [0.1, 0.15) is 20.0 Å². The Morgan fingerprint density at radius 2 is 1.71 bits per heavy atom. The second-order valence-corrected chi connectivity index (χ2v) is 8.59. The molecule has 0 saturated carbocycles. The van der Waals surface area contributed by atoms with E-state index in [0.29, 0.717) is 10.7 Å². The number of carboxylic acids is 1. The molecule has 0 radical (unpaired) electrons. The Hall–Kier alpha value is -2.88. The van der Waals surface area contributed by atoms with Gasteiger partial charge in [-0.15, -0.1) is 11.3 Å². The van der Waals surface area contributed by atoms with E-state index in [4.69, 9.17) is 11.6 Å². The molecule has 28 heavy (non-hydrogen) atoms. The molecule has 0 spiro atoms. The Morgan fingerprint density at radius 3 is 2.39 bits per heavy atom. The molecule has 0 unspecified atom stereocenters. The van der Waals surface area contributed by atoms with E-state index in [2.05, 4.69) is 10.0 Å². The van der Waals surface area contributed by atoms with E-state index >= 15 is 0 Å². The molecule has 0 saturated heterocycles. The van der Waals surface area contributed by atoms with Crippen molar-refractivity contribution in [3.63, 3.8) is 0 Å². The number of sulfonamides is 1. The number of para-hydroxylation sites is 1. The number of halogens is 1. The maximum Gasteiger partial charge on any atom is 0.337 e. The molecule has 1 aromatic heterocycles. The van der Waals surface area contributed by atoms with Crippen LogP contribution in [0.4, 0.5) is 11.4 Å². The summed E-state index contributed by atoms with van der Waals surface area (Å²) in [6.45, 7) is 0. The van der Waals surface area contributed by atoms with Crippen LogP contribution in [-0.4, -0.2) is 25.4 Å². The third-order valence-electron chi connectivity index (χ3n) is 3.61. The Labute approximate surface area is 169 Å². The van der Waals surface area contributed by atoms with Crippen LogP contribution in [0.3, 0.4) is 0 Å². The highest BCUT2D eigenvalue weighted by molar-refractivity contribution is 7.92. The van der Waals surface area contributed by atoms with Crippen molar-refractivity contribution in [1.82, 2.24) is 0 Å². The zero-order valence-electron chi connectivity index (χ0n) is 14.0. The molecule has 0 fully saturated rings. The average molecular weight is 437 g/mol. The molecular weight excluding hydrogens is 424 g/mol. The molecule has 3 rings (SSSR count). The molecule has 3 N–H and O–H groups in total. The van der Waals surface area contributed by atoms with E-state index < -0.39 is 21.9 Å². The lowest BCUT2D eigenvalue weighted by Gasteiger charge is -2.07. The molecule has 1 heterocycles. The number of benzene rings is 2. The standard InChI is InChI=1S/C18H13ClN2O5S2/c19-11-5-7-12(8-6-11)21-28(25,26)13-9-16(27-10-13)17(22)20-15-4-2-1-3-14(15)18(23)24/h1-10,21H,(H,20,22)(H,23,24). The number of anilines is 2. The van der Waals surface area contributed by atoms with Crippen molar-refractivity contribution in [2.75, 3.05) is 10.0 Å². The lowest BCUT2D eigenvalue weighted by molar-refractivity contribution is 0.0698.